The normalized spacial score (nSPS) is 45.1. The maximum Gasteiger partial charge on any atom is 0.102 e. The SMILES string of the molecule is CC(n1cc(C#N)cn1)C(C)(C)C(O)[C@H]1CC[C@H]2C3CC[C@@H]4C[C@](C)(O)CC[C@]4(C)[C@H]3CCC12C. The topological polar surface area (TPSA) is 82.1 Å². The summed E-state index contributed by atoms with van der Waals surface area (Å²) in [6, 6.07) is 2.18. The molecule has 194 valence electrons. The molecule has 0 bridgehead atoms. The number of aliphatic hydroxyl groups excluding tert-OH is 1. The molecule has 4 fully saturated rings. The molecule has 0 radical (unpaired) electrons. The minimum absolute atomic E-state index is 0.00275. The molecule has 5 rings (SSSR count). The zero-order valence-electron chi connectivity index (χ0n) is 22.8. The van der Waals surface area contributed by atoms with Crippen LogP contribution in [0.25, 0.3) is 0 Å². The molecule has 0 aromatic carbocycles. The first-order chi connectivity index (χ1) is 16.3. The van der Waals surface area contributed by atoms with Crippen LogP contribution in [0.15, 0.2) is 12.4 Å². The molecule has 0 aliphatic heterocycles. The second-order valence-electron chi connectivity index (χ2n) is 14.3. The number of aromatic nitrogens is 2. The van der Waals surface area contributed by atoms with E-state index in [0.717, 1.165) is 31.1 Å². The van der Waals surface area contributed by atoms with Gasteiger partial charge in [0.2, 0.25) is 0 Å². The largest absolute Gasteiger partial charge is 0.392 e. The molecule has 4 aliphatic carbocycles. The van der Waals surface area contributed by atoms with E-state index in [1.165, 1.54) is 38.5 Å². The third-order valence-electron chi connectivity index (χ3n) is 12.4. The average molecular weight is 482 g/mol. The molecule has 0 amide bonds. The fourth-order valence-electron chi connectivity index (χ4n) is 9.70. The van der Waals surface area contributed by atoms with Crippen LogP contribution < -0.4 is 0 Å². The van der Waals surface area contributed by atoms with Crippen LogP contribution in [0.2, 0.25) is 0 Å². The standard InChI is InChI=1S/C30H47N3O2/c1-19(33-18-20(16-31)17-32-33)27(2,3)26(34)25-10-9-23-22-8-7-21-15-28(4,35)13-14-29(21,5)24(22)11-12-30(23,25)6/h17-19,21-26,34-35H,7-15H2,1-6H3/t19?,21-,22?,23+,24+,25-,26?,28-,29+,30?/m1/s1. The van der Waals surface area contributed by atoms with Crippen molar-refractivity contribution >= 4 is 0 Å². The van der Waals surface area contributed by atoms with Gasteiger partial charge in [-0.25, -0.2) is 0 Å². The Labute approximate surface area is 212 Å². The number of hydrogen-bond donors (Lipinski definition) is 2. The van der Waals surface area contributed by atoms with Crippen LogP contribution in [-0.2, 0) is 0 Å². The smallest absolute Gasteiger partial charge is 0.102 e. The van der Waals surface area contributed by atoms with Gasteiger partial charge in [-0.3, -0.25) is 4.68 Å². The van der Waals surface area contributed by atoms with Crippen LogP contribution in [-0.4, -0.2) is 31.7 Å². The predicted octanol–water partition coefficient (Wildman–Crippen LogP) is 6.11. The third kappa shape index (κ3) is 3.81. The van der Waals surface area contributed by atoms with Crippen molar-refractivity contribution in [3.63, 3.8) is 0 Å². The number of aliphatic hydroxyl groups is 2. The van der Waals surface area contributed by atoms with Crippen molar-refractivity contribution in [1.29, 1.82) is 5.26 Å². The molecule has 1 aromatic heterocycles. The molecule has 1 heterocycles. The summed E-state index contributed by atoms with van der Waals surface area (Å²) in [4.78, 5) is 0. The van der Waals surface area contributed by atoms with Crippen LogP contribution in [0.1, 0.15) is 111 Å². The number of nitrogens with zero attached hydrogens (tertiary/aromatic N) is 3. The molecule has 1 aromatic rings. The molecule has 4 aliphatic rings. The number of hydrogen-bond acceptors (Lipinski definition) is 4. The summed E-state index contributed by atoms with van der Waals surface area (Å²) in [5.74, 6) is 3.19. The van der Waals surface area contributed by atoms with Gasteiger partial charge >= 0.3 is 0 Å². The van der Waals surface area contributed by atoms with E-state index in [0.29, 0.717) is 28.7 Å². The van der Waals surface area contributed by atoms with Crippen molar-refractivity contribution in [2.75, 3.05) is 0 Å². The molecular formula is C30H47N3O2. The van der Waals surface area contributed by atoms with Gasteiger partial charge in [-0.05, 0) is 112 Å². The number of rotatable bonds is 4. The van der Waals surface area contributed by atoms with Crippen molar-refractivity contribution in [2.24, 2.45) is 45.8 Å². The first-order valence-electron chi connectivity index (χ1n) is 14.2. The van der Waals surface area contributed by atoms with Crippen LogP contribution in [0, 0.1) is 57.2 Å². The summed E-state index contributed by atoms with van der Waals surface area (Å²) in [7, 11) is 0. The van der Waals surface area contributed by atoms with Gasteiger partial charge in [0.15, 0.2) is 0 Å². The van der Waals surface area contributed by atoms with Gasteiger partial charge < -0.3 is 10.2 Å². The van der Waals surface area contributed by atoms with Gasteiger partial charge in [0.25, 0.3) is 0 Å². The van der Waals surface area contributed by atoms with E-state index >= 15 is 0 Å². The van der Waals surface area contributed by atoms with Crippen molar-refractivity contribution in [1.82, 2.24) is 9.78 Å². The fourth-order valence-corrected chi connectivity index (χ4v) is 9.70. The first kappa shape index (κ1) is 25.3. The second kappa shape index (κ2) is 8.32. The Morgan fingerprint density at radius 1 is 1.06 bits per heavy atom. The Kier molecular flexibility index (Phi) is 6.01. The van der Waals surface area contributed by atoms with Crippen LogP contribution >= 0.6 is 0 Å². The Bertz CT molecular complexity index is 992. The second-order valence-corrected chi connectivity index (χ2v) is 14.3. The highest BCUT2D eigenvalue weighted by Crippen LogP contribution is 2.69. The lowest BCUT2D eigenvalue weighted by Gasteiger charge is -2.62. The Morgan fingerprint density at radius 3 is 2.46 bits per heavy atom. The van der Waals surface area contributed by atoms with E-state index in [2.05, 4.69) is 45.8 Å². The van der Waals surface area contributed by atoms with E-state index in [9.17, 15) is 15.5 Å². The summed E-state index contributed by atoms with van der Waals surface area (Å²) in [6.45, 7) is 13.6. The quantitative estimate of drug-likeness (QED) is 0.543. The van der Waals surface area contributed by atoms with Crippen LogP contribution in [0.3, 0.4) is 0 Å². The van der Waals surface area contributed by atoms with Gasteiger partial charge in [-0.1, -0.05) is 27.7 Å². The average Bonchev–Trinajstić information content (AvgIpc) is 3.42. The zero-order chi connectivity index (χ0) is 25.4. The van der Waals surface area contributed by atoms with E-state index in [1.807, 2.05) is 17.8 Å². The summed E-state index contributed by atoms with van der Waals surface area (Å²) in [5.41, 5.74) is 0.296. The molecule has 2 N–H and O–H groups in total. The van der Waals surface area contributed by atoms with Crippen molar-refractivity contribution < 1.29 is 10.2 Å². The fraction of sp³-hybridized carbons (Fsp3) is 0.867. The summed E-state index contributed by atoms with van der Waals surface area (Å²) in [5, 5.41) is 36.4. The third-order valence-corrected chi connectivity index (χ3v) is 12.4. The first-order valence-corrected chi connectivity index (χ1v) is 14.2. The monoisotopic (exact) mass is 481 g/mol. The Balaban J connectivity index is 1.36. The minimum atomic E-state index is -0.479. The highest BCUT2D eigenvalue weighted by molar-refractivity contribution is 5.22. The van der Waals surface area contributed by atoms with Gasteiger partial charge in [-0.2, -0.15) is 10.4 Å². The van der Waals surface area contributed by atoms with Gasteiger partial charge in [0.05, 0.1) is 29.5 Å². The van der Waals surface area contributed by atoms with Crippen molar-refractivity contribution in [3.05, 3.63) is 18.0 Å². The lowest BCUT2D eigenvalue weighted by molar-refractivity contribution is -0.156. The van der Waals surface area contributed by atoms with Gasteiger partial charge in [0.1, 0.15) is 6.07 Å². The van der Waals surface area contributed by atoms with Gasteiger partial charge in [-0.15, -0.1) is 0 Å². The minimum Gasteiger partial charge on any atom is -0.392 e. The van der Waals surface area contributed by atoms with Crippen molar-refractivity contribution in [2.45, 2.75) is 117 Å². The van der Waals surface area contributed by atoms with E-state index in [1.54, 1.807) is 6.20 Å². The maximum absolute atomic E-state index is 11.9. The molecule has 4 saturated carbocycles. The molecule has 4 unspecified atom stereocenters. The Morgan fingerprint density at radius 2 is 1.77 bits per heavy atom. The molecule has 0 spiro atoms. The molecule has 10 atom stereocenters. The zero-order valence-corrected chi connectivity index (χ0v) is 22.8. The lowest BCUT2D eigenvalue weighted by atomic mass is 9.43. The summed E-state index contributed by atoms with van der Waals surface area (Å²) >= 11 is 0. The summed E-state index contributed by atoms with van der Waals surface area (Å²) in [6.07, 6.45) is 13.5. The van der Waals surface area contributed by atoms with Gasteiger partial charge in [0, 0.05) is 11.6 Å². The van der Waals surface area contributed by atoms with E-state index < -0.39 is 11.7 Å². The number of nitriles is 1. The molecule has 35 heavy (non-hydrogen) atoms. The Hall–Kier alpha value is -1.38. The van der Waals surface area contributed by atoms with E-state index in [-0.39, 0.29) is 16.9 Å². The summed E-state index contributed by atoms with van der Waals surface area (Å²) < 4.78 is 1.87. The molecule has 0 saturated heterocycles. The predicted molar refractivity (Wildman–Crippen MR) is 137 cm³/mol. The maximum atomic E-state index is 11.9. The number of fused-ring (bicyclic) bond motifs is 5. The van der Waals surface area contributed by atoms with E-state index in [4.69, 9.17) is 0 Å². The molecular weight excluding hydrogens is 434 g/mol. The highest BCUT2D eigenvalue weighted by atomic mass is 16.3. The molecule has 5 nitrogen and oxygen atoms in total. The van der Waals surface area contributed by atoms with Crippen LogP contribution in [0.5, 0.6) is 0 Å². The lowest BCUT2D eigenvalue weighted by Crippen LogP contribution is -2.56. The molecule has 5 heteroatoms. The van der Waals surface area contributed by atoms with Crippen LogP contribution in [0.4, 0.5) is 0 Å². The highest BCUT2D eigenvalue weighted by Gasteiger charge is 2.62. The van der Waals surface area contributed by atoms with Crippen molar-refractivity contribution in [3.8, 4) is 6.07 Å².